The Morgan fingerprint density at radius 3 is 2.32 bits per heavy atom. The Morgan fingerprint density at radius 2 is 1.84 bits per heavy atom. The molecular weight excluding hydrogens is 258 g/mol. The summed E-state index contributed by atoms with van der Waals surface area (Å²) in [5, 5.41) is 3.16. The predicted octanol–water partition coefficient (Wildman–Crippen LogP) is 3.89. The van der Waals surface area contributed by atoms with Crippen molar-refractivity contribution < 1.29 is 9.53 Å². The monoisotopic (exact) mass is 275 g/mol. The van der Waals surface area contributed by atoms with Gasteiger partial charge in [0.15, 0.2) is 0 Å². The summed E-state index contributed by atoms with van der Waals surface area (Å²) in [6.07, 6.45) is 0. The van der Waals surface area contributed by atoms with Gasteiger partial charge < -0.3 is 4.74 Å². The Morgan fingerprint density at radius 1 is 1.21 bits per heavy atom. The maximum absolute atomic E-state index is 11.4. The van der Waals surface area contributed by atoms with Crippen molar-refractivity contribution in [2.45, 2.75) is 26.2 Å². The average molecular weight is 275 g/mol. The van der Waals surface area contributed by atoms with Crippen LogP contribution in [0.3, 0.4) is 0 Å². The van der Waals surface area contributed by atoms with Gasteiger partial charge in [0.05, 0.1) is 23.4 Å². The molecule has 0 saturated carbocycles. The molecule has 3 nitrogen and oxygen atoms in total. The van der Waals surface area contributed by atoms with E-state index < -0.39 is 0 Å². The molecular formula is C15H17NO2S. The molecule has 0 aliphatic heterocycles. The average Bonchev–Trinajstić information content (AvgIpc) is 2.87. The lowest BCUT2D eigenvalue weighted by Crippen LogP contribution is -2.10. The number of carbonyl (C=O) groups excluding carboxylic acids is 1. The van der Waals surface area contributed by atoms with E-state index in [9.17, 15) is 4.79 Å². The first-order valence-corrected chi connectivity index (χ1v) is 6.94. The number of hydrogen-bond acceptors (Lipinski definition) is 4. The van der Waals surface area contributed by atoms with E-state index in [2.05, 4.69) is 30.5 Å². The van der Waals surface area contributed by atoms with E-state index in [4.69, 9.17) is 0 Å². The minimum atomic E-state index is -0.319. The first-order chi connectivity index (χ1) is 8.91. The number of methoxy groups -OCH3 is 1. The molecule has 0 saturated heterocycles. The molecule has 0 fully saturated rings. The van der Waals surface area contributed by atoms with Gasteiger partial charge in [0.25, 0.3) is 0 Å². The molecule has 0 aliphatic carbocycles. The van der Waals surface area contributed by atoms with Crippen LogP contribution < -0.4 is 0 Å². The Labute approximate surface area is 117 Å². The number of aromatic nitrogens is 1. The van der Waals surface area contributed by atoms with E-state index >= 15 is 0 Å². The van der Waals surface area contributed by atoms with Crippen molar-refractivity contribution in [3.05, 3.63) is 40.2 Å². The smallest absolute Gasteiger partial charge is 0.337 e. The number of ether oxygens (including phenoxy) is 1. The van der Waals surface area contributed by atoms with Gasteiger partial charge in [-0.25, -0.2) is 9.78 Å². The van der Waals surface area contributed by atoms with Crippen LogP contribution in [-0.4, -0.2) is 18.1 Å². The van der Waals surface area contributed by atoms with Crippen molar-refractivity contribution >= 4 is 17.3 Å². The highest BCUT2D eigenvalue weighted by Gasteiger charge is 2.18. The maximum Gasteiger partial charge on any atom is 0.337 e. The molecule has 2 rings (SSSR count). The fourth-order valence-corrected chi connectivity index (χ4v) is 2.56. The zero-order valence-corrected chi connectivity index (χ0v) is 12.4. The predicted molar refractivity (Wildman–Crippen MR) is 77.6 cm³/mol. The molecule has 19 heavy (non-hydrogen) atoms. The Hall–Kier alpha value is -1.68. The molecule has 0 aliphatic rings. The van der Waals surface area contributed by atoms with Crippen molar-refractivity contribution in [2.24, 2.45) is 0 Å². The lowest BCUT2D eigenvalue weighted by Gasteiger charge is -2.13. The molecule has 4 heteroatoms. The summed E-state index contributed by atoms with van der Waals surface area (Å²) < 4.78 is 4.68. The molecule has 0 amide bonds. The number of carbonyl (C=O) groups is 1. The molecule has 1 aromatic heterocycles. The van der Waals surface area contributed by atoms with E-state index in [0.29, 0.717) is 5.56 Å². The van der Waals surface area contributed by atoms with Crippen LogP contribution in [0.4, 0.5) is 0 Å². The summed E-state index contributed by atoms with van der Waals surface area (Å²) in [7, 11) is 1.38. The second kappa shape index (κ2) is 5.13. The summed E-state index contributed by atoms with van der Waals surface area (Å²) >= 11 is 1.66. The van der Waals surface area contributed by atoms with Gasteiger partial charge in [-0.05, 0) is 12.1 Å². The molecule has 0 spiro atoms. The Bertz CT molecular complexity index is 579. The van der Waals surface area contributed by atoms with Gasteiger partial charge in [-0.3, -0.25) is 0 Å². The SMILES string of the molecule is COC(=O)c1ccc(-c2csc(C(C)(C)C)n2)cc1. The summed E-state index contributed by atoms with van der Waals surface area (Å²) in [5.74, 6) is -0.319. The van der Waals surface area contributed by atoms with Crippen LogP contribution in [0.15, 0.2) is 29.6 Å². The third-order valence-corrected chi connectivity index (χ3v) is 4.02. The molecule has 0 radical (unpaired) electrons. The normalized spacial score (nSPS) is 11.4. The zero-order chi connectivity index (χ0) is 14.0. The number of hydrogen-bond donors (Lipinski definition) is 0. The lowest BCUT2D eigenvalue weighted by atomic mass is 9.98. The van der Waals surface area contributed by atoms with E-state index in [1.165, 1.54) is 7.11 Å². The van der Waals surface area contributed by atoms with Gasteiger partial charge in [-0.2, -0.15) is 0 Å². The molecule has 0 atom stereocenters. The molecule has 1 heterocycles. The van der Waals surface area contributed by atoms with E-state index in [1.807, 2.05) is 17.5 Å². The van der Waals surface area contributed by atoms with E-state index in [-0.39, 0.29) is 11.4 Å². The Balaban J connectivity index is 2.28. The van der Waals surface area contributed by atoms with E-state index in [1.54, 1.807) is 23.5 Å². The van der Waals surface area contributed by atoms with Crippen molar-refractivity contribution in [3.8, 4) is 11.3 Å². The third-order valence-electron chi connectivity index (χ3n) is 2.75. The molecule has 0 bridgehead atoms. The summed E-state index contributed by atoms with van der Waals surface area (Å²) in [4.78, 5) is 16.0. The van der Waals surface area contributed by atoms with Crippen LogP contribution >= 0.6 is 11.3 Å². The van der Waals surface area contributed by atoms with Crippen LogP contribution in [0, 0.1) is 0 Å². The minimum absolute atomic E-state index is 0.0644. The van der Waals surface area contributed by atoms with Crippen molar-refractivity contribution in [1.29, 1.82) is 0 Å². The van der Waals surface area contributed by atoms with Crippen molar-refractivity contribution in [1.82, 2.24) is 4.98 Å². The van der Waals surface area contributed by atoms with Gasteiger partial charge in [0.2, 0.25) is 0 Å². The third kappa shape index (κ3) is 3.01. The standard InChI is InChI=1S/C15H17NO2S/c1-15(2,3)14-16-12(9-19-14)10-5-7-11(8-6-10)13(17)18-4/h5-9H,1-4H3. The van der Waals surface area contributed by atoms with Crippen molar-refractivity contribution in [3.63, 3.8) is 0 Å². The topological polar surface area (TPSA) is 39.2 Å². The fourth-order valence-electron chi connectivity index (χ4n) is 1.65. The molecule has 2 aromatic rings. The van der Waals surface area contributed by atoms with Gasteiger partial charge in [-0.1, -0.05) is 32.9 Å². The van der Waals surface area contributed by atoms with Gasteiger partial charge in [0, 0.05) is 16.4 Å². The Kier molecular flexibility index (Phi) is 3.71. The van der Waals surface area contributed by atoms with Gasteiger partial charge in [0.1, 0.15) is 0 Å². The maximum atomic E-state index is 11.4. The van der Waals surface area contributed by atoms with Crippen molar-refractivity contribution in [2.75, 3.05) is 7.11 Å². The first-order valence-electron chi connectivity index (χ1n) is 6.06. The second-order valence-corrected chi connectivity index (χ2v) is 6.21. The van der Waals surface area contributed by atoms with Crippen LogP contribution in [-0.2, 0) is 10.2 Å². The van der Waals surface area contributed by atoms with Gasteiger partial charge in [-0.15, -0.1) is 11.3 Å². The molecule has 1 aromatic carbocycles. The molecule has 0 N–H and O–H groups in total. The molecule has 0 unspecified atom stereocenters. The number of benzene rings is 1. The number of esters is 1. The quantitative estimate of drug-likeness (QED) is 0.780. The highest BCUT2D eigenvalue weighted by Crippen LogP contribution is 2.29. The van der Waals surface area contributed by atoms with Crippen LogP contribution in [0.5, 0.6) is 0 Å². The largest absolute Gasteiger partial charge is 0.465 e. The van der Waals surface area contributed by atoms with E-state index in [0.717, 1.165) is 16.3 Å². The number of rotatable bonds is 2. The van der Waals surface area contributed by atoms with Gasteiger partial charge >= 0.3 is 5.97 Å². The first kappa shape index (κ1) is 13.7. The fraction of sp³-hybridized carbons (Fsp3) is 0.333. The van der Waals surface area contributed by atoms with Crippen LogP contribution in [0.25, 0.3) is 11.3 Å². The summed E-state index contributed by atoms with van der Waals surface area (Å²) in [5.41, 5.74) is 2.58. The highest BCUT2D eigenvalue weighted by atomic mass is 32.1. The van der Waals surface area contributed by atoms with Crippen LogP contribution in [0.2, 0.25) is 0 Å². The zero-order valence-electron chi connectivity index (χ0n) is 11.6. The second-order valence-electron chi connectivity index (χ2n) is 5.36. The summed E-state index contributed by atoms with van der Waals surface area (Å²) in [6, 6.07) is 7.32. The summed E-state index contributed by atoms with van der Waals surface area (Å²) in [6.45, 7) is 6.45. The lowest BCUT2D eigenvalue weighted by molar-refractivity contribution is 0.0601. The number of thiazole rings is 1. The highest BCUT2D eigenvalue weighted by molar-refractivity contribution is 7.10. The molecule has 100 valence electrons. The van der Waals surface area contributed by atoms with Crippen LogP contribution in [0.1, 0.15) is 36.1 Å². The number of nitrogens with zero attached hydrogens (tertiary/aromatic N) is 1. The minimum Gasteiger partial charge on any atom is -0.465 e.